The average molecular weight is 233 g/mol. The van der Waals surface area contributed by atoms with Crippen LogP contribution in [0.3, 0.4) is 0 Å². The number of non-ortho nitro benzene ring substituents is 1. The quantitative estimate of drug-likeness (QED) is 0.595. The third-order valence-corrected chi connectivity index (χ3v) is 2.33. The van der Waals surface area contributed by atoms with Gasteiger partial charge in [-0.05, 0) is 18.2 Å². The van der Waals surface area contributed by atoms with Gasteiger partial charge in [0.05, 0.1) is 15.8 Å². The van der Waals surface area contributed by atoms with E-state index in [-0.39, 0.29) is 5.69 Å². The van der Waals surface area contributed by atoms with Crippen LogP contribution in [0, 0.1) is 20.2 Å². The molecule has 0 saturated carbocycles. The van der Waals surface area contributed by atoms with Gasteiger partial charge in [-0.3, -0.25) is 25.2 Å². The van der Waals surface area contributed by atoms with Crippen molar-refractivity contribution in [1.29, 1.82) is 0 Å². The van der Waals surface area contributed by atoms with Crippen LogP contribution in [0.4, 0.5) is 5.69 Å². The van der Waals surface area contributed by atoms with Gasteiger partial charge in [0, 0.05) is 22.7 Å². The number of hydrogen-bond acceptors (Lipinski definition) is 5. The number of fused-ring (bicyclic) bond motifs is 1. The summed E-state index contributed by atoms with van der Waals surface area (Å²) in [6, 6.07) is 5.73. The van der Waals surface area contributed by atoms with Crippen molar-refractivity contribution in [1.82, 2.24) is 4.98 Å². The van der Waals surface area contributed by atoms with Gasteiger partial charge >= 0.3 is 0 Å². The molecule has 2 rings (SSSR count). The molecule has 1 heterocycles. The Morgan fingerprint density at radius 3 is 2.59 bits per heavy atom. The zero-order chi connectivity index (χ0) is 12.4. The van der Waals surface area contributed by atoms with Gasteiger partial charge in [-0.2, -0.15) is 0 Å². The maximum atomic E-state index is 10.8. The second kappa shape index (κ2) is 4.12. The maximum Gasteiger partial charge on any atom is 0.278 e. The molecule has 0 amide bonds. The van der Waals surface area contributed by atoms with Crippen LogP contribution in [0.5, 0.6) is 0 Å². The molecule has 0 atom stereocenters. The predicted octanol–water partition coefficient (Wildman–Crippen LogP) is 1.92. The Morgan fingerprint density at radius 1 is 1.18 bits per heavy atom. The number of aromatic nitrogens is 1. The lowest BCUT2D eigenvalue weighted by Gasteiger charge is -2.02. The second-order valence-corrected chi connectivity index (χ2v) is 3.39. The molecule has 0 saturated heterocycles. The molecule has 0 spiro atoms. The third kappa shape index (κ3) is 2.03. The number of rotatable bonds is 3. The smallest absolute Gasteiger partial charge is 0.264 e. The normalized spacial score (nSPS) is 10.4. The first-order valence-corrected chi connectivity index (χ1v) is 4.72. The summed E-state index contributed by atoms with van der Waals surface area (Å²) >= 11 is 0. The Bertz CT molecular complexity index is 612. The molecule has 0 N–H and O–H groups in total. The Balaban J connectivity index is 2.70. The van der Waals surface area contributed by atoms with Gasteiger partial charge in [0.1, 0.15) is 0 Å². The van der Waals surface area contributed by atoms with E-state index in [1.165, 1.54) is 24.4 Å². The van der Waals surface area contributed by atoms with Gasteiger partial charge in [0.15, 0.2) is 0 Å². The molecule has 17 heavy (non-hydrogen) atoms. The summed E-state index contributed by atoms with van der Waals surface area (Å²) in [4.78, 5) is 24.2. The van der Waals surface area contributed by atoms with Crippen molar-refractivity contribution in [3.8, 4) is 0 Å². The van der Waals surface area contributed by atoms with Crippen LogP contribution in [0.25, 0.3) is 10.9 Å². The van der Waals surface area contributed by atoms with Gasteiger partial charge in [-0.15, -0.1) is 0 Å². The summed E-state index contributed by atoms with van der Waals surface area (Å²) in [5.41, 5.74) is 0.579. The molecule has 0 fully saturated rings. The highest BCUT2D eigenvalue weighted by atomic mass is 16.6. The highest BCUT2D eigenvalue weighted by Gasteiger charge is 2.16. The standard InChI is InChI=1S/C10H7N3O4/c14-12(15)6-7-3-4-9(13(16)17)8-2-1-5-11-10(7)8/h1-5H,6H2. The summed E-state index contributed by atoms with van der Waals surface area (Å²) in [6.45, 7) is -0.397. The van der Waals surface area contributed by atoms with Crippen LogP contribution in [-0.2, 0) is 6.54 Å². The van der Waals surface area contributed by atoms with E-state index in [2.05, 4.69) is 4.98 Å². The average Bonchev–Trinajstić information content (AvgIpc) is 2.28. The number of pyridine rings is 1. The molecule has 0 aliphatic heterocycles. The zero-order valence-electron chi connectivity index (χ0n) is 8.57. The molecule has 0 bridgehead atoms. The zero-order valence-corrected chi connectivity index (χ0v) is 8.57. The molecule has 0 aliphatic rings. The van der Waals surface area contributed by atoms with Crippen LogP contribution >= 0.6 is 0 Å². The predicted molar refractivity (Wildman–Crippen MR) is 59.1 cm³/mol. The van der Waals surface area contributed by atoms with Gasteiger partial charge < -0.3 is 0 Å². The van der Waals surface area contributed by atoms with E-state index in [9.17, 15) is 20.2 Å². The number of nitro groups is 2. The SMILES string of the molecule is O=[N+]([O-])Cc1ccc([N+](=O)[O-])c2cccnc12. The van der Waals surface area contributed by atoms with Crippen molar-refractivity contribution >= 4 is 16.6 Å². The van der Waals surface area contributed by atoms with Crippen molar-refractivity contribution in [2.75, 3.05) is 0 Å². The van der Waals surface area contributed by atoms with Crippen molar-refractivity contribution in [2.24, 2.45) is 0 Å². The fourth-order valence-electron chi connectivity index (χ4n) is 1.64. The monoisotopic (exact) mass is 233 g/mol. The largest absolute Gasteiger partial charge is 0.278 e. The number of benzene rings is 1. The molecular weight excluding hydrogens is 226 g/mol. The van der Waals surface area contributed by atoms with Crippen molar-refractivity contribution in [2.45, 2.75) is 6.54 Å². The lowest BCUT2D eigenvalue weighted by atomic mass is 10.1. The Morgan fingerprint density at radius 2 is 1.94 bits per heavy atom. The van der Waals surface area contributed by atoms with E-state index in [4.69, 9.17) is 0 Å². The minimum Gasteiger partial charge on any atom is -0.264 e. The van der Waals surface area contributed by atoms with E-state index in [0.29, 0.717) is 16.5 Å². The van der Waals surface area contributed by atoms with Crippen LogP contribution < -0.4 is 0 Å². The van der Waals surface area contributed by atoms with E-state index in [1.54, 1.807) is 6.07 Å². The molecule has 2 aromatic rings. The van der Waals surface area contributed by atoms with Gasteiger partial charge in [-0.1, -0.05) is 0 Å². The Kier molecular flexibility index (Phi) is 2.65. The van der Waals surface area contributed by atoms with Crippen LogP contribution in [-0.4, -0.2) is 14.8 Å². The van der Waals surface area contributed by atoms with Gasteiger partial charge in [-0.25, -0.2) is 0 Å². The maximum absolute atomic E-state index is 10.8. The molecule has 7 heteroatoms. The fourth-order valence-corrected chi connectivity index (χ4v) is 1.64. The lowest BCUT2D eigenvalue weighted by molar-refractivity contribution is -0.496. The Hall–Kier alpha value is -2.57. The van der Waals surface area contributed by atoms with Gasteiger partial charge in [0.25, 0.3) is 5.69 Å². The first-order valence-electron chi connectivity index (χ1n) is 4.72. The lowest BCUT2D eigenvalue weighted by Crippen LogP contribution is -2.01. The minimum absolute atomic E-state index is 0.0970. The number of nitrogens with zero attached hydrogens (tertiary/aromatic N) is 3. The molecule has 7 nitrogen and oxygen atoms in total. The molecular formula is C10H7N3O4. The molecule has 86 valence electrons. The first kappa shape index (κ1) is 10.9. The van der Waals surface area contributed by atoms with E-state index in [1.807, 2.05) is 0 Å². The summed E-state index contributed by atoms with van der Waals surface area (Å²) in [5.74, 6) is 0. The third-order valence-electron chi connectivity index (χ3n) is 2.33. The Labute approximate surface area is 95.0 Å². The topological polar surface area (TPSA) is 99.2 Å². The molecule has 0 aliphatic carbocycles. The van der Waals surface area contributed by atoms with E-state index in [0.717, 1.165) is 0 Å². The fraction of sp³-hybridized carbons (Fsp3) is 0.100. The number of hydrogen-bond donors (Lipinski definition) is 0. The first-order chi connectivity index (χ1) is 8.09. The van der Waals surface area contributed by atoms with Crippen molar-refractivity contribution < 1.29 is 9.85 Å². The summed E-state index contributed by atoms with van der Waals surface area (Å²) in [6.07, 6.45) is 1.45. The van der Waals surface area contributed by atoms with Crippen LogP contribution in [0.2, 0.25) is 0 Å². The second-order valence-electron chi connectivity index (χ2n) is 3.39. The molecule has 1 aromatic carbocycles. The van der Waals surface area contributed by atoms with E-state index < -0.39 is 16.4 Å². The highest BCUT2D eigenvalue weighted by molar-refractivity contribution is 5.90. The summed E-state index contributed by atoms with van der Waals surface area (Å²) in [7, 11) is 0. The van der Waals surface area contributed by atoms with Crippen LogP contribution in [0.1, 0.15) is 5.56 Å². The number of nitro benzene ring substituents is 1. The van der Waals surface area contributed by atoms with Crippen LogP contribution in [0.15, 0.2) is 30.5 Å². The minimum atomic E-state index is -0.528. The van der Waals surface area contributed by atoms with Crippen molar-refractivity contribution in [3.05, 3.63) is 56.3 Å². The summed E-state index contributed by atoms with van der Waals surface area (Å²) in [5, 5.41) is 21.6. The van der Waals surface area contributed by atoms with Crippen molar-refractivity contribution in [3.63, 3.8) is 0 Å². The summed E-state index contributed by atoms with van der Waals surface area (Å²) < 4.78 is 0. The molecule has 0 radical (unpaired) electrons. The molecule has 0 unspecified atom stereocenters. The highest BCUT2D eigenvalue weighted by Crippen LogP contribution is 2.26. The van der Waals surface area contributed by atoms with Gasteiger partial charge in [0.2, 0.25) is 6.54 Å². The molecule has 1 aromatic heterocycles. The van der Waals surface area contributed by atoms with E-state index >= 15 is 0 Å².